The molecule has 0 radical (unpaired) electrons. The van der Waals surface area contributed by atoms with Crippen LogP contribution >= 0.6 is 0 Å². The number of rotatable bonds is 18. The van der Waals surface area contributed by atoms with Gasteiger partial charge >= 0.3 is 17.9 Å². The average Bonchev–Trinajstić information content (AvgIpc) is 3.02. The van der Waals surface area contributed by atoms with Crippen LogP contribution in [0.2, 0.25) is 0 Å². The predicted molar refractivity (Wildman–Crippen MR) is 181 cm³/mol. The molecule has 0 aromatic carbocycles. The zero-order valence-electron chi connectivity index (χ0n) is 29.4. The third kappa shape index (κ3) is 17.8. The minimum atomic E-state index is -1.02. The van der Waals surface area contributed by atoms with E-state index in [1.807, 2.05) is 25.8 Å². The minimum Gasteiger partial charge on any atom is -0.480 e. The second-order valence-electron chi connectivity index (χ2n) is 13.3. The van der Waals surface area contributed by atoms with E-state index in [-0.39, 0.29) is 75.4 Å². The third-order valence-electron chi connectivity index (χ3n) is 9.05. The number of nitrogens with one attached hydrogen (secondary N) is 3. The number of hydrogen-bond donors (Lipinski definition) is 6. The van der Waals surface area contributed by atoms with Crippen molar-refractivity contribution in [1.82, 2.24) is 40.4 Å². The fourth-order valence-corrected chi connectivity index (χ4v) is 6.20. The van der Waals surface area contributed by atoms with Gasteiger partial charge in [0, 0.05) is 71.4 Å². The van der Waals surface area contributed by atoms with Crippen molar-refractivity contribution in [2.45, 2.75) is 39.2 Å². The number of likely N-dealkylation sites (N-methyl/N-ethyl adjacent to an activating group) is 1. The van der Waals surface area contributed by atoms with Gasteiger partial charge in [0.1, 0.15) is 0 Å². The monoisotopic (exact) mass is 698 g/mol. The largest absolute Gasteiger partial charge is 0.480 e. The summed E-state index contributed by atoms with van der Waals surface area (Å²) in [6.45, 7) is 7.95. The molecule has 2 heterocycles. The van der Waals surface area contributed by atoms with Gasteiger partial charge in [-0.2, -0.15) is 0 Å². The summed E-state index contributed by atoms with van der Waals surface area (Å²) in [5.41, 5.74) is 0. The van der Waals surface area contributed by atoms with Crippen LogP contribution in [0.4, 0.5) is 0 Å². The predicted octanol–water partition coefficient (Wildman–Crippen LogP) is -2.39. The zero-order valence-corrected chi connectivity index (χ0v) is 29.4. The molecule has 1 atom stereocenters. The quantitative estimate of drug-likeness (QED) is 0.0824. The van der Waals surface area contributed by atoms with E-state index in [1.54, 1.807) is 14.7 Å². The van der Waals surface area contributed by atoms with Crippen molar-refractivity contribution >= 4 is 35.5 Å². The normalized spacial score (nSPS) is 19.4. The first-order chi connectivity index (χ1) is 23.2. The van der Waals surface area contributed by atoms with Crippen molar-refractivity contribution in [2.24, 2.45) is 11.8 Å². The van der Waals surface area contributed by atoms with E-state index in [1.165, 1.54) is 0 Å². The highest BCUT2D eigenvalue weighted by molar-refractivity contribution is 5.85. The average molecular weight is 699 g/mol. The SMILES string of the molecule is CN[C@@H](CC1CCN(CC(=O)NCCNC(=O)CN2CCN(CC(=O)O)CCN(CC(=O)O)CCN(CC(=O)O)CC2)CC1)C(=O)C(C)C. The maximum absolute atomic E-state index is 12.8. The maximum atomic E-state index is 12.8. The van der Waals surface area contributed by atoms with Crippen molar-refractivity contribution in [2.75, 3.05) is 118 Å². The topological polar surface area (TPSA) is 215 Å². The molecule has 2 fully saturated rings. The van der Waals surface area contributed by atoms with E-state index >= 15 is 0 Å². The fourth-order valence-electron chi connectivity index (χ4n) is 6.20. The molecule has 2 amide bonds. The summed E-state index contributed by atoms with van der Waals surface area (Å²) in [4.78, 5) is 81.1. The van der Waals surface area contributed by atoms with Crippen molar-refractivity contribution in [1.29, 1.82) is 0 Å². The smallest absolute Gasteiger partial charge is 0.317 e. The van der Waals surface area contributed by atoms with Crippen molar-refractivity contribution in [3.8, 4) is 0 Å². The number of aliphatic carboxylic acids is 3. The number of Topliss-reactive ketones (excluding diaryl/α,β-unsaturated/α-hetero) is 1. The second-order valence-corrected chi connectivity index (χ2v) is 13.3. The van der Waals surface area contributed by atoms with Gasteiger partial charge in [0.05, 0.1) is 38.8 Å². The molecule has 0 aliphatic carbocycles. The van der Waals surface area contributed by atoms with Crippen molar-refractivity contribution in [3.63, 3.8) is 0 Å². The first-order valence-electron chi connectivity index (χ1n) is 17.3. The highest BCUT2D eigenvalue weighted by atomic mass is 16.4. The van der Waals surface area contributed by atoms with E-state index in [0.717, 1.165) is 32.4 Å². The van der Waals surface area contributed by atoms with Gasteiger partial charge in [0.15, 0.2) is 5.78 Å². The van der Waals surface area contributed by atoms with Gasteiger partial charge in [0.2, 0.25) is 11.8 Å². The van der Waals surface area contributed by atoms with Crippen LogP contribution in [0.1, 0.15) is 33.1 Å². The van der Waals surface area contributed by atoms with Crippen LogP contribution in [0.15, 0.2) is 0 Å². The number of carbonyl (C=O) groups excluding carboxylic acids is 3. The summed E-state index contributed by atoms with van der Waals surface area (Å²) in [7, 11) is 1.82. The van der Waals surface area contributed by atoms with Crippen LogP contribution in [-0.4, -0.2) is 200 Å². The van der Waals surface area contributed by atoms with Crippen LogP contribution in [0.25, 0.3) is 0 Å². The number of carbonyl (C=O) groups is 6. The fraction of sp³-hybridized carbons (Fsp3) is 0.812. The summed E-state index contributed by atoms with van der Waals surface area (Å²) >= 11 is 0. The number of carboxylic acids is 3. The van der Waals surface area contributed by atoms with Gasteiger partial charge in [-0.3, -0.25) is 53.3 Å². The molecule has 2 rings (SSSR count). The van der Waals surface area contributed by atoms with Crippen LogP contribution in [0, 0.1) is 11.8 Å². The summed E-state index contributed by atoms with van der Waals surface area (Å²) in [6.07, 6.45) is 2.66. The zero-order chi connectivity index (χ0) is 36.3. The number of amides is 2. The molecule has 2 aliphatic rings. The van der Waals surface area contributed by atoms with Crippen LogP contribution in [0.5, 0.6) is 0 Å². The molecule has 17 heteroatoms. The summed E-state index contributed by atoms with van der Waals surface area (Å²) < 4.78 is 0. The number of nitrogens with zero attached hydrogens (tertiary/aromatic N) is 5. The first-order valence-corrected chi connectivity index (χ1v) is 17.3. The minimum absolute atomic E-state index is 0.00697. The Morgan fingerprint density at radius 3 is 1.20 bits per heavy atom. The Bertz CT molecular complexity index is 1050. The molecular weight excluding hydrogens is 640 g/mol. The summed E-state index contributed by atoms with van der Waals surface area (Å²) in [5, 5.41) is 36.9. The molecular formula is C32H58N8O9. The second kappa shape index (κ2) is 22.5. The Balaban J connectivity index is 1.81. The van der Waals surface area contributed by atoms with Gasteiger partial charge in [-0.05, 0) is 45.3 Å². The molecule has 2 saturated heterocycles. The number of hydrogen-bond acceptors (Lipinski definition) is 12. The molecule has 6 N–H and O–H groups in total. The van der Waals surface area contributed by atoms with Gasteiger partial charge in [-0.25, -0.2) is 0 Å². The van der Waals surface area contributed by atoms with Crippen LogP contribution in [-0.2, 0) is 28.8 Å². The molecule has 0 aromatic rings. The van der Waals surface area contributed by atoms with Crippen LogP contribution < -0.4 is 16.0 Å². The summed E-state index contributed by atoms with van der Waals surface area (Å²) in [5.74, 6) is -2.81. The van der Waals surface area contributed by atoms with Crippen LogP contribution in [0.3, 0.4) is 0 Å². The summed E-state index contributed by atoms with van der Waals surface area (Å²) in [6, 6.07) is -0.140. The third-order valence-corrected chi connectivity index (χ3v) is 9.05. The Hall–Kier alpha value is -3.22. The lowest BCUT2D eigenvalue weighted by atomic mass is 9.87. The lowest BCUT2D eigenvalue weighted by Gasteiger charge is -2.33. The lowest BCUT2D eigenvalue weighted by molar-refractivity contribution is -0.140. The highest BCUT2D eigenvalue weighted by Crippen LogP contribution is 2.23. The van der Waals surface area contributed by atoms with Crippen molar-refractivity contribution < 1.29 is 44.1 Å². The Kier molecular flexibility index (Phi) is 19.3. The van der Waals surface area contributed by atoms with E-state index in [9.17, 15) is 44.1 Å². The van der Waals surface area contributed by atoms with Gasteiger partial charge < -0.3 is 31.3 Å². The van der Waals surface area contributed by atoms with E-state index in [2.05, 4.69) is 20.9 Å². The van der Waals surface area contributed by atoms with E-state index in [0.29, 0.717) is 58.3 Å². The Labute approximate surface area is 289 Å². The molecule has 49 heavy (non-hydrogen) atoms. The van der Waals surface area contributed by atoms with Gasteiger partial charge in [0.25, 0.3) is 0 Å². The number of carboxylic acid groups (broad SMARTS) is 3. The lowest BCUT2D eigenvalue weighted by Crippen LogP contribution is -2.50. The number of ketones is 1. The highest BCUT2D eigenvalue weighted by Gasteiger charge is 2.27. The number of likely N-dealkylation sites (tertiary alicyclic amines) is 1. The van der Waals surface area contributed by atoms with Crippen molar-refractivity contribution in [3.05, 3.63) is 0 Å². The molecule has 2 aliphatic heterocycles. The maximum Gasteiger partial charge on any atom is 0.317 e. The van der Waals surface area contributed by atoms with Gasteiger partial charge in [-0.1, -0.05) is 13.8 Å². The molecule has 0 unspecified atom stereocenters. The molecule has 17 nitrogen and oxygen atoms in total. The van der Waals surface area contributed by atoms with Gasteiger partial charge in [-0.15, -0.1) is 0 Å². The standard InChI is InChI=1S/C32H58N8O9/c1-24(2)32(49)26(33-3)18-25-4-8-36(9-5-25)19-27(41)34-6-7-35-28(42)20-37-10-12-38(21-29(43)44)14-16-40(23-31(47)48)17-15-39(13-11-37)22-30(45)46/h24-26,33H,4-23H2,1-3H3,(H,34,41)(H,35,42)(H,43,44)(H,45,46)(H,47,48)/t26-/m0/s1. The molecule has 0 saturated carbocycles. The Morgan fingerprint density at radius 1 is 0.571 bits per heavy atom. The first kappa shape index (κ1) is 41.9. The van der Waals surface area contributed by atoms with E-state index in [4.69, 9.17) is 0 Å². The molecule has 0 spiro atoms. The molecule has 0 bridgehead atoms. The molecule has 280 valence electrons. The number of piperidine rings is 1. The Morgan fingerprint density at radius 2 is 0.898 bits per heavy atom. The molecule has 0 aromatic heterocycles. The van der Waals surface area contributed by atoms with E-state index < -0.39 is 17.9 Å².